The molecule has 0 radical (unpaired) electrons. The van der Waals surface area contributed by atoms with E-state index >= 15 is 0 Å². The highest BCUT2D eigenvalue weighted by atomic mass is 32.2. The van der Waals surface area contributed by atoms with Crippen molar-refractivity contribution in [3.05, 3.63) is 18.2 Å². The zero-order valence-electron chi connectivity index (χ0n) is 9.13. The van der Waals surface area contributed by atoms with Crippen molar-refractivity contribution in [2.75, 3.05) is 26.6 Å². The maximum atomic E-state index is 11.6. The molecule has 0 spiro atoms. The third kappa shape index (κ3) is 2.65. The third-order valence-corrected chi connectivity index (χ3v) is 3.77. The standard InChI is InChI=1S/C10H14O5S/c1-14-9-4-3-8(7-10(9)15-2)16(12,13)6-5-11/h3-4,7,11H,5-6H2,1-2H3. The molecular weight excluding hydrogens is 232 g/mol. The Bertz CT molecular complexity index is 452. The molecule has 6 heteroatoms. The molecule has 90 valence electrons. The van der Waals surface area contributed by atoms with Gasteiger partial charge in [-0.05, 0) is 12.1 Å². The first-order valence-corrected chi connectivity index (χ1v) is 6.26. The fourth-order valence-corrected chi connectivity index (χ4v) is 2.29. The Hall–Kier alpha value is -1.27. The van der Waals surface area contributed by atoms with Crippen LogP contribution in [0.4, 0.5) is 0 Å². The summed E-state index contributed by atoms with van der Waals surface area (Å²) in [6.45, 7) is -0.406. The van der Waals surface area contributed by atoms with Gasteiger partial charge in [-0.15, -0.1) is 0 Å². The van der Waals surface area contributed by atoms with Crippen molar-refractivity contribution < 1.29 is 23.0 Å². The van der Waals surface area contributed by atoms with Crippen LogP contribution in [0.15, 0.2) is 23.1 Å². The SMILES string of the molecule is COc1ccc(S(=O)(=O)CCO)cc1OC. The fourth-order valence-electron chi connectivity index (χ4n) is 1.25. The van der Waals surface area contributed by atoms with Gasteiger partial charge in [0.2, 0.25) is 0 Å². The summed E-state index contributed by atoms with van der Waals surface area (Å²) in [4.78, 5) is 0.110. The summed E-state index contributed by atoms with van der Waals surface area (Å²) in [5, 5.41) is 8.66. The summed E-state index contributed by atoms with van der Waals surface area (Å²) in [7, 11) is -0.551. The molecule has 16 heavy (non-hydrogen) atoms. The summed E-state index contributed by atoms with van der Waals surface area (Å²) in [5.74, 6) is 0.509. The second kappa shape index (κ2) is 5.18. The van der Waals surface area contributed by atoms with Crippen LogP contribution in [0, 0.1) is 0 Å². The topological polar surface area (TPSA) is 72.8 Å². The van der Waals surface area contributed by atoms with Crippen LogP contribution in [0.25, 0.3) is 0 Å². The summed E-state index contributed by atoms with van der Waals surface area (Å²) in [6.07, 6.45) is 0. The molecule has 0 atom stereocenters. The molecule has 0 aliphatic heterocycles. The molecule has 0 bridgehead atoms. The van der Waals surface area contributed by atoms with E-state index in [0.29, 0.717) is 11.5 Å². The quantitative estimate of drug-likeness (QED) is 0.817. The maximum absolute atomic E-state index is 11.6. The lowest BCUT2D eigenvalue weighted by Crippen LogP contribution is -2.10. The molecule has 0 aliphatic rings. The van der Waals surface area contributed by atoms with Crippen molar-refractivity contribution in [1.82, 2.24) is 0 Å². The Balaban J connectivity index is 3.18. The minimum absolute atomic E-state index is 0.110. The van der Waals surface area contributed by atoms with Crippen LogP contribution < -0.4 is 9.47 Å². The van der Waals surface area contributed by atoms with E-state index in [2.05, 4.69) is 0 Å². The molecular formula is C10H14O5S. The highest BCUT2D eigenvalue weighted by Crippen LogP contribution is 2.29. The Morgan fingerprint density at radius 3 is 2.31 bits per heavy atom. The number of aliphatic hydroxyl groups excluding tert-OH is 1. The number of hydrogen-bond donors (Lipinski definition) is 1. The third-order valence-electron chi connectivity index (χ3n) is 2.07. The van der Waals surface area contributed by atoms with E-state index in [1.54, 1.807) is 0 Å². The van der Waals surface area contributed by atoms with Crippen LogP contribution >= 0.6 is 0 Å². The summed E-state index contributed by atoms with van der Waals surface area (Å²) in [6, 6.07) is 4.32. The van der Waals surface area contributed by atoms with Crippen molar-refractivity contribution in [1.29, 1.82) is 0 Å². The monoisotopic (exact) mass is 246 g/mol. The van der Waals surface area contributed by atoms with Crippen LogP contribution in [-0.4, -0.2) is 40.1 Å². The highest BCUT2D eigenvalue weighted by molar-refractivity contribution is 7.91. The first-order valence-electron chi connectivity index (χ1n) is 4.61. The minimum atomic E-state index is -3.45. The number of benzene rings is 1. The molecule has 0 heterocycles. The van der Waals surface area contributed by atoms with Gasteiger partial charge in [-0.25, -0.2) is 8.42 Å². The normalized spacial score (nSPS) is 11.2. The number of rotatable bonds is 5. The van der Waals surface area contributed by atoms with E-state index in [9.17, 15) is 8.42 Å². The number of aliphatic hydroxyl groups is 1. The Morgan fingerprint density at radius 2 is 1.81 bits per heavy atom. The Labute approximate surface area is 94.5 Å². The van der Waals surface area contributed by atoms with E-state index < -0.39 is 16.4 Å². The van der Waals surface area contributed by atoms with Gasteiger partial charge in [0.05, 0.1) is 31.5 Å². The summed E-state index contributed by atoms with van der Waals surface area (Å²) >= 11 is 0. The second-order valence-corrected chi connectivity index (χ2v) is 5.17. The van der Waals surface area contributed by atoms with Crippen LogP contribution in [-0.2, 0) is 9.84 Å². The number of ether oxygens (including phenoxy) is 2. The lowest BCUT2D eigenvalue weighted by molar-refractivity contribution is 0.319. The molecule has 1 rings (SSSR count). The van der Waals surface area contributed by atoms with E-state index in [1.165, 1.54) is 32.4 Å². The molecule has 0 amide bonds. The van der Waals surface area contributed by atoms with Crippen molar-refractivity contribution >= 4 is 9.84 Å². The smallest absolute Gasteiger partial charge is 0.180 e. The van der Waals surface area contributed by atoms with Gasteiger partial charge in [0.15, 0.2) is 21.3 Å². The number of sulfone groups is 1. The molecule has 0 fully saturated rings. The average molecular weight is 246 g/mol. The van der Waals surface area contributed by atoms with Crippen LogP contribution in [0.5, 0.6) is 11.5 Å². The Kier molecular flexibility index (Phi) is 4.14. The van der Waals surface area contributed by atoms with Gasteiger partial charge in [0.1, 0.15) is 0 Å². The molecule has 0 saturated carbocycles. The van der Waals surface area contributed by atoms with Crippen molar-refractivity contribution in [2.45, 2.75) is 4.90 Å². The van der Waals surface area contributed by atoms with Crippen molar-refractivity contribution in [3.63, 3.8) is 0 Å². The van der Waals surface area contributed by atoms with E-state index in [0.717, 1.165) is 0 Å². The van der Waals surface area contributed by atoms with Crippen molar-refractivity contribution in [2.24, 2.45) is 0 Å². The van der Waals surface area contributed by atoms with Gasteiger partial charge in [-0.2, -0.15) is 0 Å². The van der Waals surface area contributed by atoms with E-state index in [4.69, 9.17) is 14.6 Å². The van der Waals surface area contributed by atoms with E-state index in [1.807, 2.05) is 0 Å². The highest BCUT2D eigenvalue weighted by Gasteiger charge is 2.16. The molecule has 5 nitrogen and oxygen atoms in total. The predicted molar refractivity (Wildman–Crippen MR) is 58.7 cm³/mol. The number of methoxy groups -OCH3 is 2. The minimum Gasteiger partial charge on any atom is -0.493 e. The molecule has 0 aromatic heterocycles. The number of hydrogen-bond acceptors (Lipinski definition) is 5. The van der Waals surface area contributed by atoms with Gasteiger partial charge in [-0.1, -0.05) is 0 Å². The molecule has 0 unspecified atom stereocenters. The van der Waals surface area contributed by atoms with Gasteiger partial charge < -0.3 is 14.6 Å². The summed E-state index contributed by atoms with van der Waals surface area (Å²) < 4.78 is 33.3. The fraction of sp³-hybridized carbons (Fsp3) is 0.400. The molecule has 1 aromatic rings. The molecule has 1 aromatic carbocycles. The predicted octanol–water partition coefficient (Wildman–Crippen LogP) is 0.470. The second-order valence-electron chi connectivity index (χ2n) is 3.06. The lowest BCUT2D eigenvalue weighted by Gasteiger charge is -2.09. The van der Waals surface area contributed by atoms with Crippen LogP contribution in [0.2, 0.25) is 0 Å². The Morgan fingerprint density at radius 1 is 1.19 bits per heavy atom. The molecule has 1 N–H and O–H groups in total. The summed E-state index contributed by atoms with van der Waals surface area (Å²) in [5.41, 5.74) is 0. The van der Waals surface area contributed by atoms with Crippen LogP contribution in [0.1, 0.15) is 0 Å². The first-order chi connectivity index (χ1) is 7.55. The molecule has 0 aliphatic carbocycles. The van der Waals surface area contributed by atoms with Gasteiger partial charge in [0.25, 0.3) is 0 Å². The zero-order chi connectivity index (χ0) is 12.2. The largest absolute Gasteiger partial charge is 0.493 e. The average Bonchev–Trinajstić information content (AvgIpc) is 2.28. The van der Waals surface area contributed by atoms with Gasteiger partial charge in [-0.3, -0.25) is 0 Å². The molecule has 0 saturated heterocycles. The van der Waals surface area contributed by atoms with E-state index in [-0.39, 0.29) is 10.6 Å². The first kappa shape index (κ1) is 12.8. The van der Waals surface area contributed by atoms with Gasteiger partial charge in [0, 0.05) is 6.07 Å². The lowest BCUT2D eigenvalue weighted by atomic mass is 10.3. The van der Waals surface area contributed by atoms with Crippen LogP contribution in [0.3, 0.4) is 0 Å². The van der Waals surface area contributed by atoms with Crippen molar-refractivity contribution in [3.8, 4) is 11.5 Å². The maximum Gasteiger partial charge on any atom is 0.180 e. The van der Waals surface area contributed by atoms with Gasteiger partial charge >= 0.3 is 0 Å². The zero-order valence-corrected chi connectivity index (χ0v) is 9.95.